The number of nitrogens with zero attached hydrogens (tertiary/aromatic N) is 1. The summed E-state index contributed by atoms with van der Waals surface area (Å²) in [5.41, 5.74) is 0. The van der Waals surface area contributed by atoms with Crippen molar-refractivity contribution < 1.29 is 97.4 Å². The van der Waals surface area contributed by atoms with Gasteiger partial charge in [-0.3, -0.25) is 0 Å². The second-order valence-electron chi connectivity index (χ2n) is 9.18. The van der Waals surface area contributed by atoms with Crippen molar-refractivity contribution in [1.29, 1.82) is 0 Å². The van der Waals surface area contributed by atoms with E-state index >= 15 is 0 Å². The summed E-state index contributed by atoms with van der Waals surface area (Å²) in [6.45, 7) is -1.34. The maximum atomic E-state index is 13.9. The van der Waals surface area contributed by atoms with Gasteiger partial charge < -0.3 is 9.59 Å². The summed E-state index contributed by atoms with van der Waals surface area (Å²) in [5.74, 6) is -61.3. The van der Waals surface area contributed by atoms with E-state index in [1.807, 2.05) is 0 Å². The Balaban J connectivity index is 5.96. The molecule has 0 rings (SSSR count). The van der Waals surface area contributed by atoms with E-state index < -0.39 is 88.9 Å². The molecule has 0 fully saturated rings. The van der Waals surface area contributed by atoms with Crippen molar-refractivity contribution in [3.8, 4) is 0 Å². The van der Waals surface area contributed by atoms with Crippen LogP contribution in [-0.2, 0) is 14.8 Å². The molecule has 0 aromatic rings. The summed E-state index contributed by atoms with van der Waals surface area (Å²) in [7, 11) is -2.52. The third kappa shape index (κ3) is 7.39. The van der Waals surface area contributed by atoms with Gasteiger partial charge in [0, 0.05) is 19.4 Å². The molecule has 24 heteroatoms. The first-order valence-electron chi connectivity index (χ1n) is 10.3. The van der Waals surface area contributed by atoms with E-state index in [0.29, 0.717) is 0 Å². The number of halogens is 17. The van der Waals surface area contributed by atoms with E-state index in [1.54, 1.807) is 0 Å². The SMILES string of the molecule is C[N+](C)(CCCNS(=O)(=O)CCC(F)(F)C(F)(F)C(F)(F)C(F)(F)C(F)(F)C(F)(F)C(F)(F)C(F)(F)F)CC(=O)O. The highest BCUT2D eigenvalue weighted by Crippen LogP contribution is 2.64. The Labute approximate surface area is 219 Å². The van der Waals surface area contributed by atoms with Gasteiger partial charge in [-0.05, 0) is 0 Å². The number of hydrogen-bond donors (Lipinski definition) is 2. The number of hydrogen-bond acceptors (Lipinski definition) is 3. The Morgan fingerprint density at radius 1 is 0.683 bits per heavy atom. The fraction of sp³-hybridized carbons (Fsp3) is 0.941. The van der Waals surface area contributed by atoms with Gasteiger partial charge in [-0.2, -0.15) is 74.6 Å². The molecule has 0 radical (unpaired) electrons. The van der Waals surface area contributed by atoms with Gasteiger partial charge in [0.15, 0.2) is 6.54 Å². The molecule has 0 aliphatic heterocycles. The highest BCUT2D eigenvalue weighted by Gasteiger charge is 2.95. The fourth-order valence-electron chi connectivity index (χ4n) is 2.87. The van der Waals surface area contributed by atoms with E-state index in [9.17, 15) is 87.8 Å². The summed E-state index contributed by atoms with van der Waals surface area (Å²) < 4.78 is 250. The number of carboxylic acids is 1. The van der Waals surface area contributed by atoms with E-state index in [2.05, 4.69) is 0 Å². The second kappa shape index (κ2) is 11.3. The average molecular weight is 671 g/mol. The van der Waals surface area contributed by atoms with Crippen LogP contribution in [0.5, 0.6) is 0 Å². The summed E-state index contributed by atoms with van der Waals surface area (Å²) in [6, 6.07) is 0. The van der Waals surface area contributed by atoms with Crippen molar-refractivity contribution in [3.05, 3.63) is 0 Å². The summed E-state index contributed by atoms with van der Waals surface area (Å²) >= 11 is 0. The molecular weight excluding hydrogens is 651 g/mol. The molecule has 0 saturated carbocycles. The number of aliphatic carboxylic acids is 1. The molecule has 0 aliphatic rings. The highest BCUT2D eigenvalue weighted by atomic mass is 32.2. The van der Waals surface area contributed by atoms with Crippen LogP contribution in [0.2, 0.25) is 0 Å². The topological polar surface area (TPSA) is 83.5 Å². The first kappa shape index (κ1) is 39.1. The standard InChI is InChI=1S/C17H19F17N2O4S/c1-36(2,8-9(37)38)6-3-5-35-41(39,40)7-4-10(18,19)11(20,21)12(22,23)13(24,25)14(26,27)15(28,29)16(30,31)17(32,33)34/h35H,3-8H2,1-2H3/p+1. The third-order valence-corrected chi connectivity index (χ3v) is 6.68. The monoisotopic (exact) mass is 671 g/mol. The first-order valence-corrected chi connectivity index (χ1v) is 12.0. The predicted molar refractivity (Wildman–Crippen MR) is 101 cm³/mol. The Morgan fingerprint density at radius 3 is 1.41 bits per heavy atom. The van der Waals surface area contributed by atoms with Crippen LogP contribution in [-0.4, -0.2) is 111 Å². The summed E-state index contributed by atoms with van der Waals surface area (Å²) in [4.78, 5) is 10.7. The van der Waals surface area contributed by atoms with Gasteiger partial charge in [0.05, 0.1) is 26.4 Å². The molecule has 0 heterocycles. The average Bonchev–Trinajstić information content (AvgIpc) is 2.73. The second-order valence-corrected chi connectivity index (χ2v) is 11.1. The number of rotatable bonds is 16. The van der Waals surface area contributed by atoms with Crippen LogP contribution in [0.1, 0.15) is 12.8 Å². The molecule has 0 aromatic carbocycles. The smallest absolute Gasteiger partial charge is 0.460 e. The predicted octanol–water partition coefficient (Wildman–Crippen LogP) is 4.86. The van der Waals surface area contributed by atoms with Gasteiger partial charge in [0.2, 0.25) is 10.0 Å². The maximum absolute atomic E-state index is 13.9. The van der Waals surface area contributed by atoms with Crippen molar-refractivity contribution in [2.75, 3.05) is 39.5 Å². The highest BCUT2D eigenvalue weighted by molar-refractivity contribution is 7.89. The van der Waals surface area contributed by atoms with Gasteiger partial charge in [-0.1, -0.05) is 0 Å². The zero-order chi connectivity index (χ0) is 33.5. The molecule has 0 atom stereocenters. The largest absolute Gasteiger partial charge is 0.477 e. The van der Waals surface area contributed by atoms with E-state index in [-0.39, 0.29) is 17.4 Å². The molecule has 6 nitrogen and oxygen atoms in total. The van der Waals surface area contributed by atoms with Crippen molar-refractivity contribution >= 4 is 16.0 Å². The van der Waals surface area contributed by atoms with Gasteiger partial charge in [-0.25, -0.2) is 17.9 Å². The number of carboxylic acid groups (broad SMARTS) is 1. The summed E-state index contributed by atoms with van der Waals surface area (Å²) in [6.07, 6.45) is -11.2. The first-order chi connectivity index (χ1) is 17.6. The van der Waals surface area contributed by atoms with Crippen LogP contribution in [0.25, 0.3) is 0 Å². The van der Waals surface area contributed by atoms with Gasteiger partial charge >= 0.3 is 53.6 Å². The summed E-state index contributed by atoms with van der Waals surface area (Å²) in [5, 5.41) is 8.69. The molecular formula is C17H20F17N2O4S+. The Kier molecular flexibility index (Phi) is 10.8. The van der Waals surface area contributed by atoms with Crippen LogP contribution in [0.15, 0.2) is 0 Å². The quantitative estimate of drug-likeness (QED) is 0.140. The van der Waals surface area contributed by atoms with Gasteiger partial charge in [-0.15, -0.1) is 0 Å². The number of nitrogens with one attached hydrogen (secondary N) is 1. The lowest BCUT2D eigenvalue weighted by Gasteiger charge is -2.42. The molecule has 0 bridgehead atoms. The number of likely N-dealkylation sites (N-methyl/N-ethyl adjacent to an activating group) is 1. The van der Waals surface area contributed by atoms with Crippen LogP contribution >= 0.6 is 0 Å². The van der Waals surface area contributed by atoms with E-state index in [0.717, 1.165) is 0 Å². The Hall–Kier alpha value is -1.85. The number of sulfonamides is 1. The molecule has 2 N–H and O–H groups in total. The van der Waals surface area contributed by atoms with Crippen LogP contribution in [0.3, 0.4) is 0 Å². The maximum Gasteiger partial charge on any atom is 0.460 e. The molecule has 0 saturated heterocycles. The zero-order valence-corrected chi connectivity index (χ0v) is 21.0. The molecule has 0 aliphatic carbocycles. The zero-order valence-electron chi connectivity index (χ0n) is 20.2. The van der Waals surface area contributed by atoms with Crippen molar-refractivity contribution in [2.24, 2.45) is 0 Å². The van der Waals surface area contributed by atoms with E-state index in [4.69, 9.17) is 5.11 Å². The number of alkyl halides is 17. The Morgan fingerprint density at radius 2 is 1.05 bits per heavy atom. The lowest BCUT2D eigenvalue weighted by molar-refractivity contribution is -0.883. The van der Waals surface area contributed by atoms with Crippen molar-refractivity contribution in [1.82, 2.24) is 4.72 Å². The molecule has 0 amide bonds. The molecule has 246 valence electrons. The number of carbonyl (C=O) groups is 1. The minimum atomic E-state index is -8.76. The molecule has 41 heavy (non-hydrogen) atoms. The van der Waals surface area contributed by atoms with Crippen molar-refractivity contribution in [2.45, 2.75) is 60.5 Å². The van der Waals surface area contributed by atoms with Gasteiger partial charge in [0.1, 0.15) is 0 Å². The van der Waals surface area contributed by atoms with E-state index in [1.165, 1.54) is 18.8 Å². The van der Waals surface area contributed by atoms with Crippen LogP contribution < -0.4 is 4.72 Å². The minimum Gasteiger partial charge on any atom is -0.477 e. The third-order valence-electron chi connectivity index (χ3n) is 5.30. The normalized spacial score (nSPS) is 15.8. The molecule has 0 aromatic heterocycles. The van der Waals surface area contributed by atoms with Crippen molar-refractivity contribution in [3.63, 3.8) is 0 Å². The van der Waals surface area contributed by atoms with Crippen LogP contribution in [0, 0.1) is 0 Å². The Bertz CT molecular complexity index is 1040. The fourth-order valence-corrected chi connectivity index (χ4v) is 3.99. The number of quaternary nitrogens is 1. The molecule has 0 spiro atoms. The lowest BCUT2D eigenvalue weighted by Crippen LogP contribution is -2.74. The lowest BCUT2D eigenvalue weighted by atomic mass is 9.88. The van der Waals surface area contributed by atoms with Gasteiger partial charge in [0.25, 0.3) is 0 Å². The molecule has 0 unspecified atom stereocenters. The minimum absolute atomic E-state index is 0.114. The van der Waals surface area contributed by atoms with Crippen LogP contribution in [0.4, 0.5) is 74.6 Å².